The molecule has 0 aliphatic carbocycles. The van der Waals surface area contributed by atoms with Gasteiger partial charge < -0.3 is 15.0 Å². The zero-order valence-corrected chi connectivity index (χ0v) is 18.1. The van der Waals surface area contributed by atoms with Gasteiger partial charge in [-0.25, -0.2) is 0 Å². The summed E-state index contributed by atoms with van der Waals surface area (Å²) in [6.07, 6.45) is 3.54. The van der Waals surface area contributed by atoms with E-state index in [-0.39, 0.29) is 11.1 Å². The molecule has 0 aromatic heterocycles. The van der Waals surface area contributed by atoms with Crippen molar-refractivity contribution < 1.29 is 17.9 Å². The van der Waals surface area contributed by atoms with Crippen molar-refractivity contribution in [3.63, 3.8) is 0 Å². The molecule has 1 heterocycles. The summed E-state index contributed by atoms with van der Waals surface area (Å²) in [4.78, 5) is 1.98. The number of rotatable bonds is 7. The first-order valence-corrected chi connectivity index (χ1v) is 10.6. The summed E-state index contributed by atoms with van der Waals surface area (Å²) in [5, 5.41) is 3.51. The molecule has 2 aromatic carbocycles. The van der Waals surface area contributed by atoms with Crippen molar-refractivity contribution >= 4 is 23.4 Å². The average Bonchev–Trinajstić information content (AvgIpc) is 2.74. The number of hydrogen-bond donors (Lipinski definition) is 1. The van der Waals surface area contributed by atoms with E-state index in [1.165, 1.54) is 11.6 Å². The van der Waals surface area contributed by atoms with Crippen LogP contribution in [0.2, 0.25) is 5.02 Å². The van der Waals surface area contributed by atoms with E-state index in [1.54, 1.807) is 0 Å². The van der Waals surface area contributed by atoms with Crippen LogP contribution < -0.4 is 10.2 Å². The molecular formula is C24H26ClF3N2O. The highest BCUT2D eigenvalue weighted by molar-refractivity contribution is 6.33. The number of ether oxygens (including phenoxy) is 1. The molecule has 0 radical (unpaired) electrons. The Morgan fingerprint density at radius 1 is 1.19 bits per heavy atom. The fraction of sp³-hybridized carbons (Fsp3) is 0.333. The van der Waals surface area contributed by atoms with Gasteiger partial charge in [-0.1, -0.05) is 60.2 Å². The Labute approximate surface area is 186 Å². The van der Waals surface area contributed by atoms with Gasteiger partial charge in [0.15, 0.2) is 0 Å². The summed E-state index contributed by atoms with van der Waals surface area (Å²) < 4.78 is 44.5. The van der Waals surface area contributed by atoms with E-state index in [0.717, 1.165) is 17.7 Å². The monoisotopic (exact) mass is 450 g/mol. The molecule has 1 N–H and O–H groups in total. The van der Waals surface area contributed by atoms with Gasteiger partial charge in [0.2, 0.25) is 0 Å². The second kappa shape index (κ2) is 10.8. The van der Waals surface area contributed by atoms with Crippen LogP contribution in [-0.2, 0) is 17.5 Å². The molecule has 1 fully saturated rings. The van der Waals surface area contributed by atoms with Crippen molar-refractivity contribution in [2.75, 3.05) is 31.1 Å². The van der Waals surface area contributed by atoms with E-state index >= 15 is 0 Å². The van der Waals surface area contributed by atoms with Crippen LogP contribution in [-0.4, -0.2) is 32.3 Å². The van der Waals surface area contributed by atoms with Gasteiger partial charge >= 0.3 is 6.18 Å². The predicted octanol–water partition coefficient (Wildman–Crippen LogP) is 5.94. The van der Waals surface area contributed by atoms with E-state index < -0.39 is 11.7 Å². The van der Waals surface area contributed by atoms with Gasteiger partial charge in [0, 0.05) is 26.2 Å². The van der Waals surface area contributed by atoms with E-state index in [9.17, 15) is 13.2 Å². The quantitative estimate of drug-likeness (QED) is 0.528. The maximum absolute atomic E-state index is 12.9. The molecule has 1 atom stereocenters. The fourth-order valence-electron chi connectivity index (χ4n) is 3.46. The third-order valence-electron chi connectivity index (χ3n) is 5.00. The fourth-order valence-corrected chi connectivity index (χ4v) is 3.76. The normalized spacial score (nSPS) is 17.7. The lowest BCUT2D eigenvalue weighted by Gasteiger charge is -2.35. The molecule has 1 unspecified atom stereocenters. The minimum atomic E-state index is -4.40. The molecule has 0 saturated carbocycles. The summed E-state index contributed by atoms with van der Waals surface area (Å²) in [5.74, 6) is 0. The van der Waals surface area contributed by atoms with Crippen LogP contribution in [0.4, 0.5) is 18.9 Å². The molecule has 1 aliphatic heterocycles. The molecule has 0 bridgehead atoms. The highest BCUT2D eigenvalue weighted by Crippen LogP contribution is 2.35. The standard InChI is InChI=1S/C24H26ClF3N2O/c1-2-3-4-6-18-7-5-8-19(13-18)15-29-16-21-17-30(11-12-31-21)23-10-9-20(14-22(23)25)24(26,27)28/h2-10,13-14,21,29H,11-12,15-17H2,1H3/b3-2-,6-4-. The van der Waals surface area contributed by atoms with Crippen LogP contribution in [0.5, 0.6) is 0 Å². The third kappa shape index (κ3) is 6.86. The molecule has 3 rings (SSSR count). The van der Waals surface area contributed by atoms with Crippen LogP contribution in [0.3, 0.4) is 0 Å². The maximum Gasteiger partial charge on any atom is 0.416 e. The third-order valence-corrected chi connectivity index (χ3v) is 5.30. The minimum Gasteiger partial charge on any atom is -0.373 e. The molecule has 0 amide bonds. The van der Waals surface area contributed by atoms with Crippen LogP contribution in [0, 0.1) is 0 Å². The first kappa shape index (κ1) is 23.4. The lowest BCUT2D eigenvalue weighted by molar-refractivity contribution is -0.137. The summed E-state index contributed by atoms with van der Waals surface area (Å²) in [5.41, 5.74) is 2.16. The lowest BCUT2D eigenvalue weighted by atomic mass is 10.1. The van der Waals surface area contributed by atoms with E-state index in [1.807, 2.05) is 36.1 Å². The van der Waals surface area contributed by atoms with Crippen LogP contribution >= 0.6 is 11.6 Å². The smallest absolute Gasteiger partial charge is 0.373 e. The highest BCUT2D eigenvalue weighted by atomic mass is 35.5. The number of alkyl halides is 3. The van der Waals surface area contributed by atoms with Crippen molar-refractivity contribution in [2.24, 2.45) is 0 Å². The van der Waals surface area contributed by atoms with Crippen molar-refractivity contribution in [1.29, 1.82) is 0 Å². The Hall–Kier alpha value is -2.28. The molecule has 3 nitrogen and oxygen atoms in total. The number of morpholine rings is 1. The molecule has 1 aliphatic rings. The van der Waals surface area contributed by atoms with E-state index in [2.05, 4.69) is 29.6 Å². The summed E-state index contributed by atoms with van der Waals surface area (Å²) in [7, 11) is 0. The number of allylic oxidation sites excluding steroid dienone is 3. The number of nitrogens with one attached hydrogen (secondary N) is 1. The maximum atomic E-state index is 12.9. The number of anilines is 1. The molecule has 0 spiro atoms. The number of nitrogens with zero attached hydrogens (tertiary/aromatic N) is 1. The molecule has 1 saturated heterocycles. The van der Waals surface area contributed by atoms with E-state index in [4.69, 9.17) is 16.3 Å². The van der Waals surface area contributed by atoms with Crippen molar-refractivity contribution in [3.05, 3.63) is 82.4 Å². The van der Waals surface area contributed by atoms with Crippen LogP contribution in [0.25, 0.3) is 6.08 Å². The molecule has 7 heteroatoms. The highest BCUT2D eigenvalue weighted by Gasteiger charge is 2.31. The van der Waals surface area contributed by atoms with E-state index in [0.29, 0.717) is 38.5 Å². The van der Waals surface area contributed by atoms with Crippen molar-refractivity contribution in [3.8, 4) is 0 Å². The Balaban J connectivity index is 1.54. The molecular weight excluding hydrogens is 425 g/mol. The van der Waals surface area contributed by atoms with Crippen molar-refractivity contribution in [2.45, 2.75) is 25.7 Å². The SMILES string of the molecule is C/C=C\C=C/c1cccc(CNCC2CN(c3ccc(C(F)(F)F)cc3Cl)CCO2)c1. The minimum absolute atomic E-state index is 0.0788. The number of benzene rings is 2. The van der Waals surface area contributed by atoms with Gasteiger partial charge in [-0.2, -0.15) is 13.2 Å². The first-order chi connectivity index (χ1) is 14.9. The largest absolute Gasteiger partial charge is 0.416 e. The molecule has 31 heavy (non-hydrogen) atoms. The lowest BCUT2D eigenvalue weighted by Crippen LogP contribution is -2.46. The molecule has 2 aromatic rings. The average molecular weight is 451 g/mol. The summed E-state index contributed by atoms with van der Waals surface area (Å²) in [6.45, 7) is 4.95. The van der Waals surface area contributed by atoms with Crippen LogP contribution in [0.1, 0.15) is 23.6 Å². The second-order valence-electron chi connectivity index (χ2n) is 7.36. The van der Waals surface area contributed by atoms with Gasteiger partial charge in [0.1, 0.15) is 0 Å². The summed E-state index contributed by atoms with van der Waals surface area (Å²) >= 11 is 6.15. The number of halogens is 4. The first-order valence-electron chi connectivity index (χ1n) is 10.2. The van der Waals surface area contributed by atoms with Gasteiger partial charge in [-0.15, -0.1) is 0 Å². The zero-order valence-electron chi connectivity index (χ0n) is 17.3. The topological polar surface area (TPSA) is 24.5 Å². The van der Waals surface area contributed by atoms with Crippen molar-refractivity contribution in [1.82, 2.24) is 5.32 Å². The Morgan fingerprint density at radius 3 is 2.77 bits per heavy atom. The zero-order chi connectivity index (χ0) is 22.3. The summed E-state index contributed by atoms with van der Waals surface area (Å²) in [6, 6.07) is 11.8. The Bertz CT molecular complexity index is 927. The Kier molecular flexibility index (Phi) is 8.18. The Morgan fingerprint density at radius 2 is 2.03 bits per heavy atom. The van der Waals surface area contributed by atoms with Gasteiger partial charge in [0.25, 0.3) is 0 Å². The van der Waals surface area contributed by atoms with Gasteiger partial charge in [-0.05, 0) is 36.2 Å². The number of hydrogen-bond acceptors (Lipinski definition) is 3. The second-order valence-corrected chi connectivity index (χ2v) is 7.77. The predicted molar refractivity (Wildman–Crippen MR) is 120 cm³/mol. The van der Waals surface area contributed by atoms with Gasteiger partial charge in [0.05, 0.1) is 29.0 Å². The van der Waals surface area contributed by atoms with Crippen LogP contribution in [0.15, 0.2) is 60.7 Å². The molecule has 166 valence electrons. The van der Waals surface area contributed by atoms with Gasteiger partial charge in [-0.3, -0.25) is 0 Å².